The van der Waals surface area contributed by atoms with Gasteiger partial charge >= 0.3 is 0 Å². The molecular weight excluding hydrogens is 275 g/mol. The van der Waals surface area contributed by atoms with Crippen molar-refractivity contribution >= 4 is 5.69 Å². The molecule has 0 saturated heterocycles. The zero-order chi connectivity index (χ0) is 15.6. The second-order valence-corrected chi connectivity index (χ2v) is 4.68. The first-order valence-corrected chi connectivity index (χ1v) is 6.35. The molecule has 6 heteroatoms. The van der Waals surface area contributed by atoms with Gasteiger partial charge in [-0.2, -0.15) is 0 Å². The van der Waals surface area contributed by atoms with E-state index in [4.69, 9.17) is 10.5 Å². The summed E-state index contributed by atoms with van der Waals surface area (Å²) in [5, 5.41) is 10.9. The number of rotatable bonds is 4. The van der Waals surface area contributed by atoms with Gasteiger partial charge in [-0.05, 0) is 37.6 Å². The summed E-state index contributed by atoms with van der Waals surface area (Å²) < 4.78 is 19.3. The van der Waals surface area contributed by atoms with Crippen molar-refractivity contribution in [3.8, 4) is 11.5 Å². The lowest BCUT2D eigenvalue weighted by molar-refractivity contribution is -0.385. The molecule has 2 rings (SSSR count). The molecule has 0 aromatic heterocycles. The molecule has 0 spiro atoms. The van der Waals surface area contributed by atoms with Crippen molar-refractivity contribution in [1.29, 1.82) is 0 Å². The highest BCUT2D eigenvalue weighted by Crippen LogP contribution is 2.33. The van der Waals surface area contributed by atoms with E-state index in [-0.39, 0.29) is 17.8 Å². The molecule has 0 heterocycles. The van der Waals surface area contributed by atoms with Gasteiger partial charge in [0, 0.05) is 23.7 Å². The molecule has 0 aliphatic heterocycles. The maximum Gasteiger partial charge on any atom is 0.272 e. The first-order chi connectivity index (χ1) is 9.93. The molecule has 0 atom stereocenters. The normalized spacial score (nSPS) is 10.5. The third kappa shape index (κ3) is 3.00. The van der Waals surface area contributed by atoms with E-state index in [0.717, 1.165) is 0 Å². The van der Waals surface area contributed by atoms with Crippen molar-refractivity contribution in [3.05, 3.63) is 63.0 Å². The zero-order valence-corrected chi connectivity index (χ0v) is 11.7. The van der Waals surface area contributed by atoms with Crippen LogP contribution < -0.4 is 10.5 Å². The zero-order valence-electron chi connectivity index (χ0n) is 11.7. The molecular formula is C15H15FN2O3. The van der Waals surface area contributed by atoms with Crippen molar-refractivity contribution in [2.45, 2.75) is 20.4 Å². The molecule has 2 N–H and O–H groups in total. The van der Waals surface area contributed by atoms with Gasteiger partial charge in [-0.15, -0.1) is 0 Å². The first-order valence-electron chi connectivity index (χ1n) is 6.35. The lowest BCUT2D eigenvalue weighted by Gasteiger charge is -2.13. The molecule has 0 radical (unpaired) electrons. The van der Waals surface area contributed by atoms with Crippen LogP contribution in [-0.4, -0.2) is 4.92 Å². The molecule has 0 aliphatic rings. The van der Waals surface area contributed by atoms with Crippen molar-refractivity contribution < 1.29 is 14.1 Å². The highest BCUT2D eigenvalue weighted by atomic mass is 19.1. The van der Waals surface area contributed by atoms with Crippen molar-refractivity contribution in [2.24, 2.45) is 5.73 Å². The van der Waals surface area contributed by atoms with Crippen LogP contribution in [0, 0.1) is 29.8 Å². The Balaban J connectivity index is 2.43. The molecule has 21 heavy (non-hydrogen) atoms. The number of nitro groups is 1. The number of nitro benzene ring substituents is 1. The van der Waals surface area contributed by atoms with E-state index < -0.39 is 10.7 Å². The molecule has 110 valence electrons. The second-order valence-electron chi connectivity index (χ2n) is 4.68. The largest absolute Gasteiger partial charge is 0.457 e. The standard InChI is InChI=1S/C15H15FN2O3/c1-9-7-15(10(2)6-13(9)18(19)20)21-14-5-3-4-12(16)11(14)8-17/h3-7H,8,17H2,1-2H3. The van der Waals surface area contributed by atoms with Gasteiger partial charge in [0.15, 0.2) is 0 Å². The van der Waals surface area contributed by atoms with Gasteiger partial charge in [0.1, 0.15) is 17.3 Å². The van der Waals surface area contributed by atoms with Crippen LogP contribution >= 0.6 is 0 Å². The van der Waals surface area contributed by atoms with E-state index >= 15 is 0 Å². The SMILES string of the molecule is Cc1cc([N+](=O)[O-])c(C)cc1Oc1cccc(F)c1CN. The van der Waals surface area contributed by atoms with Crippen molar-refractivity contribution in [1.82, 2.24) is 0 Å². The average molecular weight is 290 g/mol. The minimum Gasteiger partial charge on any atom is -0.457 e. The van der Waals surface area contributed by atoms with Crippen LogP contribution in [0.3, 0.4) is 0 Å². The highest BCUT2D eigenvalue weighted by molar-refractivity contribution is 5.51. The molecule has 0 aliphatic carbocycles. The number of benzene rings is 2. The average Bonchev–Trinajstić information content (AvgIpc) is 2.42. The summed E-state index contributed by atoms with van der Waals surface area (Å²) >= 11 is 0. The Morgan fingerprint density at radius 1 is 1.24 bits per heavy atom. The molecule has 0 bridgehead atoms. The van der Waals surface area contributed by atoms with E-state index in [2.05, 4.69) is 0 Å². The predicted molar refractivity (Wildman–Crippen MR) is 76.9 cm³/mol. The Kier molecular flexibility index (Phi) is 4.18. The Bertz CT molecular complexity index is 702. The quantitative estimate of drug-likeness (QED) is 0.689. The van der Waals surface area contributed by atoms with Crippen LogP contribution in [0.25, 0.3) is 0 Å². The lowest BCUT2D eigenvalue weighted by atomic mass is 10.1. The number of hydrogen-bond donors (Lipinski definition) is 1. The summed E-state index contributed by atoms with van der Waals surface area (Å²) in [6, 6.07) is 7.45. The van der Waals surface area contributed by atoms with Gasteiger partial charge in [-0.3, -0.25) is 10.1 Å². The van der Waals surface area contributed by atoms with Gasteiger partial charge in [-0.1, -0.05) is 6.07 Å². The maximum absolute atomic E-state index is 13.7. The molecule has 0 saturated carbocycles. The van der Waals surface area contributed by atoms with Gasteiger partial charge in [0.25, 0.3) is 5.69 Å². The second kappa shape index (κ2) is 5.88. The van der Waals surface area contributed by atoms with Crippen LogP contribution in [-0.2, 0) is 6.54 Å². The third-order valence-electron chi connectivity index (χ3n) is 3.19. The highest BCUT2D eigenvalue weighted by Gasteiger charge is 2.16. The molecule has 0 unspecified atom stereocenters. The number of nitrogens with zero attached hydrogens (tertiary/aromatic N) is 1. The first kappa shape index (κ1) is 14.9. The van der Waals surface area contributed by atoms with Crippen molar-refractivity contribution in [3.63, 3.8) is 0 Å². The van der Waals surface area contributed by atoms with Crippen LogP contribution in [0.15, 0.2) is 30.3 Å². The van der Waals surface area contributed by atoms with E-state index in [1.165, 1.54) is 18.2 Å². The molecule has 0 fully saturated rings. The molecule has 2 aromatic rings. The predicted octanol–water partition coefficient (Wildman–Crippen LogP) is 3.60. The lowest BCUT2D eigenvalue weighted by Crippen LogP contribution is -2.03. The number of ether oxygens (including phenoxy) is 1. The topological polar surface area (TPSA) is 78.4 Å². The van der Waals surface area contributed by atoms with E-state index in [9.17, 15) is 14.5 Å². The summed E-state index contributed by atoms with van der Waals surface area (Å²) in [6.45, 7) is 3.33. The van der Waals surface area contributed by atoms with Crippen LogP contribution in [0.1, 0.15) is 16.7 Å². The summed E-state index contributed by atoms with van der Waals surface area (Å²) in [6.07, 6.45) is 0. The monoisotopic (exact) mass is 290 g/mol. The third-order valence-corrected chi connectivity index (χ3v) is 3.19. The van der Waals surface area contributed by atoms with Crippen LogP contribution in [0.5, 0.6) is 11.5 Å². The van der Waals surface area contributed by atoms with Crippen molar-refractivity contribution in [2.75, 3.05) is 0 Å². The molecule has 2 aromatic carbocycles. The van der Waals surface area contributed by atoms with Gasteiger partial charge in [0.2, 0.25) is 0 Å². The van der Waals surface area contributed by atoms with Gasteiger partial charge in [0.05, 0.1) is 4.92 Å². The van der Waals surface area contributed by atoms with Gasteiger partial charge < -0.3 is 10.5 Å². The van der Waals surface area contributed by atoms with Crippen LogP contribution in [0.4, 0.5) is 10.1 Å². The van der Waals surface area contributed by atoms with E-state index in [1.807, 2.05) is 0 Å². The summed E-state index contributed by atoms with van der Waals surface area (Å²) in [5.41, 5.74) is 6.90. The Morgan fingerprint density at radius 2 is 1.95 bits per heavy atom. The number of aryl methyl sites for hydroxylation is 2. The minimum absolute atomic E-state index is 0.00696. The Labute approximate surface area is 121 Å². The summed E-state index contributed by atoms with van der Waals surface area (Å²) in [5.74, 6) is 0.318. The number of nitrogens with two attached hydrogens (primary N) is 1. The number of hydrogen-bond acceptors (Lipinski definition) is 4. The summed E-state index contributed by atoms with van der Waals surface area (Å²) in [4.78, 5) is 10.4. The Morgan fingerprint density at radius 3 is 2.57 bits per heavy atom. The fourth-order valence-electron chi connectivity index (χ4n) is 2.03. The minimum atomic E-state index is -0.445. The Hall–Kier alpha value is -2.47. The van der Waals surface area contributed by atoms with E-state index in [0.29, 0.717) is 22.6 Å². The van der Waals surface area contributed by atoms with Gasteiger partial charge in [-0.25, -0.2) is 4.39 Å². The van der Waals surface area contributed by atoms with Crippen LogP contribution in [0.2, 0.25) is 0 Å². The summed E-state index contributed by atoms with van der Waals surface area (Å²) in [7, 11) is 0. The molecule has 5 nitrogen and oxygen atoms in total. The van der Waals surface area contributed by atoms with E-state index in [1.54, 1.807) is 26.0 Å². The molecule has 0 amide bonds. The fraction of sp³-hybridized carbons (Fsp3) is 0.200. The smallest absolute Gasteiger partial charge is 0.272 e. The fourth-order valence-corrected chi connectivity index (χ4v) is 2.03. The number of halogens is 1. The maximum atomic E-state index is 13.7.